The number of carbonyl (C=O) groups is 2. The molecular formula is C23H26N4O3. The maximum Gasteiger partial charge on any atom is 0.319 e. The van der Waals surface area contributed by atoms with E-state index in [4.69, 9.17) is 4.52 Å². The van der Waals surface area contributed by atoms with E-state index in [1.165, 1.54) is 0 Å². The normalized spacial score (nSPS) is 10.4. The SMILES string of the molecule is CN(CCCc1cc(-c2ccccc2)no1)C(=O)CCNC(=O)Nc1ccccc1. The predicted octanol–water partition coefficient (Wildman–Crippen LogP) is 3.94. The van der Waals surface area contributed by atoms with Gasteiger partial charge in [-0.05, 0) is 18.6 Å². The Bertz CT molecular complexity index is 941. The van der Waals surface area contributed by atoms with E-state index in [2.05, 4.69) is 15.8 Å². The first-order valence-corrected chi connectivity index (χ1v) is 9.96. The van der Waals surface area contributed by atoms with E-state index in [1.54, 1.807) is 24.1 Å². The van der Waals surface area contributed by atoms with Crippen molar-refractivity contribution in [2.45, 2.75) is 19.3 Å². The molecule has 30 heavy (non-hydrogen) atoms. The highest BCUT2D eigenvalue weighted by Crippen LogP contribution is 2.19. The van der Waals surface area contributed by atoms with E-state index >= 15 is 0 Å². The summed E-state index contributed by atoms with van der Waals surface area (Å²) in [6.07, 6.45) is 1.72. The number of hydrogen-bond acceptors (Lipinski definition) is 4. The number of rotatable bonds is 9. The van der Waals surface area contributed by atoms with E-state index in [-0.39, 0.29) is 24.9 Å². The third-order valence-corrected chi connectivity index (χ3v) is 4.63. The summed E-state index contributed by atoms with van der Waals surface area (Å²) in [5.41, 5.74) is 2.54. The molecule has 0 fully saturated rings. The van der Waals surface area contributed by atoms with Gasteiger partial charge in [0, 0.05) is 50.3 Å². The minimum atomic E-state index is -0.323. The number of nitrogens with one attached hydrogen (secondary N) is 2. The molecule has 0 unspecified atom stereocenters. The van der Waals surface area contributed by atoms with Gasteiger partial charge in [-0.3, -0.25) is 4.79 Å². The number of urea groups is 1. The molecule has 2 N–H and O–H groups in total. The Morgan fingerprint density at radius 3 is 2.47 bits per heavy atom. The van der Waals surface area contributed by atoms with Gasteiger partial charge in [0.2, 0.25) is 5.91 Å². The van der Waals surface area contributed by atoms with Crippen LogP contribution in [0.3, 0.4) is 0 Å². The van der Waals surface area contributed by atoms with Gasteiger partial charge in [0.05, 0.1) is 0 Å². The summed E-state index contributed by atoms with van der Waals surface area (Å²) in [6.45, 7) is 0.890. The Morgan fingerprint density at radius 1 is 1.03 bits per heavy atom. The average molecular weight is 406 g/mol. The first-order valence-electron chi connectivity index (χ1n) is 9.96. The lowest BCUT2D eigenvalue weighted by Crippen LogP contribution is -2.34. The molecule has 3 amide bonds. The monoisotopic (exact) mass is 406 g/mol. The van der Waals surface area contributed by atoms with Gasteiger partial charge in [0.25, 0.3) is 0 Å². The number of nitrogens with zero attached hydrogens (tertiary/aromatic N) is 2. The minimum absolute atomic E-state index is 0.0162. The number of para-hydroxylation sites is 1. The van der Waals surface area contributed by atoms with Crippen LogP contribution in [0.25, 0.3) is 11.3 Å². The van der Waals surface area contributed by atoms with Crippen LogP contribution in [-0.2, 0) is 11.2 Å². The second-order valence-corrected chi connectivity index (χ2v) is 6.96. The Hall–Kier alpha value is -3.61. The average Bonchev–Trinajstić information content (AvgIpc) is 3.24. The quantitative estimate of drug-likeness (QED) is 0.563. The van der Waals surface area contributed by atoms with Crippen molar-refractivity contribution in [3.63, 3.8) is 0 Å². The van der Waals surface area contributed by atoms with E-state index in [9.17, 15) is 9.59 Å². The lowest BCUT2D eigenvalue weighted by molar-refractivity contribution is -0.129. The van der Waals surface area contributed by atoms with Gasteiger partial charge in [-0.2, -0.15) is 0 Å². The minimum Gasteiger partial charge on any atom is -0.361 e. The van der Waals surface area contributed by atoms with E-state index < -0.39 is 0 Å². The molecular weight excluding hydrogens is 380 g/mol. The fraction of sp³-hybridized carbons (Fsp3) is 0.261. The second-order valence-electron chi connectivity index (χ2n) is 6.96. The molecule has 0 aliphatic rings. The van der Waals surface area contributed by atoms with Gasteiger partial charge in [-0.15, -0.1) is 0 Å². The van der Waals surface area contributed by atoms with E-state index in [0.29, 0.717) is 18.7 Å². The van der Waals surface area contributed by atoms with Crippen molar-refractivity contribution in [2.75, 3.05) is 25.5 Å². The molecule has 3 aromatic rings. The van der Waals surface area contributed by atoms with Crippen molar-refractivity contribution in [1.82, 2.24) is 15.4 Å². The first-order chi connectivity index (χ1) is 14.6. The summed E-state index contributed by atoms with van der Waals surface area (Å²) in [5.74, 6) is 0.784. The molecule has 0 bridgehead atoms. The number of aromatic nitrogens is 1. The van der Waals surface area contributed by atoms with Gasteiger partial charge >= 0.3 is 6.03 Å². The van der Waals surface area contributed by atoms with Crippen molar-refractivity contribution >= 4 is 17.6 Å². The first kappa shape index (κ1) is 21.1. The molecule has 7 nitrogen and oxygen atoms in total. The van der Waals surface area contributed by atoms with Crippen molar-refractivity contribution in [3.05, 3.63) is 72.5 Å². The van der Waals surface area contributed by atoms with Crippen LogP contribution in [0.5, 0.6) is 0 Å². The Kier molecular flexibility index (Phi) is 7.60. The Morgan fingerprint density at radius 2 is 1.73 bits per heavy atom. The molecule has 0 saturated carbocycles. The highest BCUT2D eigenvalue weighted by atomic mass is 16.5. The molecule has 0 aliphatic carbocycles. The Labute approximate surface area is 176 Å². The molecule has 156 valence electrons. The van der Waals surface area contributed by atoms with Gasteiger partial charge in [-0.1, -0.05) is 53.7 Å². The molecule has 0 atom stereocenters. The molecule has 1 aromatic heterocycles. The standard InChI is InChI=1S/C23H26N4O3/c1-27(22(28)14-15-24-23(29)25-19-11-6-3-7-12-19)16-8-13-20-17-21(26-30-20)18-9-4-2-5-10-18/h2-7,9-12,17H,8,13-16H2,1H3,(H2,24,25,29). The van der Waals surface area contributed by atoms with E-state index in [0.717, 1.165) is 23.4 Å². The zero-order valence-corrected chi connectivity index (χ0v) is 17.0. The Balaban J connectivity index is 1.33. The van der Waals surface area contributed by atoms with Crippen LogP contribution in [-0.4, -0.2) is 42.1 Å². The summed E-state index contributed by atoms with van der Waals surface area (Å²) >= 11 is 0. The van der Waals surface area contributed by atoms with Crippen LogP contribution in [0.2, 0.25) is 0 Å². The number of aryl methyl sites for hydroxylation is 1. The van der Waals surface area contributed by atoms with Crippen LogP contribution in [0.1, 0.15) is 18.6 Å². The van der Waals surface area contributed by atoms with Gasteiger partial charge < -0.3 is 20.1 Å². The fourth-order valence-electron chi connectivity index (χ4n) is 2.96. The smallest absolute Gasteiger partial charge is 0.319 e. The summed E-state index contributed by atoms with van der Waals surface area (Å²) in [7, 11) is 1.77. The fourth-order valence-corrected chi connectivity index (χ4v) is 2.96. The summed E-state index contributed by atoms with van der Waals surface area (Å²) in [4.78, 5) is 25.7. The zero-order chi connectivity index (χ0) is 21.2. The van der Waals surface area contributed by atoms with Crippen LogP contribution in [0.15, 0.2) is 71.3 Å². The van der Waals surface area contributed by atoms with Gasteiger partial charge in [0.1, 0.15) is 11.5 Å². The second kappa shape index (κ2) is 10.8. The molecule has 1 heterocycles. The van der Waals surface area contributed by atoms with Crippen LogP contribution in [0.4, 0.5) is 10.5 Å². The topological polar surface area (TPSA) is 87.5 Å². The van der Waals surface area contributed by atoms with Gasteiger partial charge in [0.15, 0.2) is 0 Å². The van der Waals surface area contributed by atoms with Crippen molar-refractivity contribution in [2.24, 2.45) is 0 Å². The number of benzene rings is 2. The summed E-state index contributed by atoms with van der Waals surface area (Å²) in [5, 5.41) is 9.52. The number of carbonyl (C=O) groups excluding carboxylic acids is 2. The lowest BCUT2D eigenvalue weighted by Gasteiger charge is -2.17. The maximum atomic E-state index is 12.2. The number of anilines is 1. The summed E-state index contributed by atoms with van der Waals surface area (Å²) < 4.78 is 5.39. The molecule has 0 radical (unpaired) electrons. The van der Waals surface area contributed by atoms with Crippen molar-refractivity contribution < 1.29 is 14.1 Å². The van der Waals surface area contributed by atoms with Gasteiger partial charge in [-0.25, -0.2) is 4.79 Å². The maximum absolute atomic E-state index is 12.2. The van der Waals surface area contributed by atoms with Crippen molar-refractivity contribution in [3.8, 4) is 11.3 Å². The molecule has 0 saturated heterocycles. The van der Waals surface area contributed by atoms with E-state index in [1.807, 2.05) is 54.6 Å². The molecule has 0 aliphatic heterocycles. The molecule has 0 spiro atoms. The van der Waals surface area contributed by atoms with Crippen LogP contribution in [0, 0.1) is 0 Å². The molecule has 2 aromatic carbocycles. The molecule has 7 heteroatoms. The lowest BCUT2D eigenvalue weighted by atomic mass is 10.1. The van der Waals surface area contributed by atoms with Crippen LogP contribution >= 0.6 is 0 Å². The number of hydrogen-bond donors (Lipinski definition) is 2. The zero-order valence-electron chi connectivity index (χ0n) is 17.0. The van der Waals surface area contributed by atoms with Crippen molar-refractivity contribution in [1.29, 1.82) is 0 Å². The molecule has 3 rings (SSSR count). The largest absolute Gasteiger partial charge is 0.361 e. The van der Waals surface area contributed by atoms with Crippen LogP contribution < -0.4 is 10.6 Å². The summed E-state index contributed by atoms with van der Waals surface area (Å²) in [6, 6.07) is 20.6. The third-order valence-electron chi connectivity index (χ3n) is 4.63. The predicted molar refractivity (Wildman–Crippen MR) is 116 cm³/mol. The highest BCUT2D eigenvalue weighted by Gasteiger charge is 2.11. The third kappa shape index (κ3) is 6.48. The highest BCUT2D eigenvalue weighted by molar-refractivity contribution is 5.89. The number of amides is 3.